The fourth-order valence-corrected chi connectivity index (χ4v) is 6.86. The number of fused-ring (bicyclic) bond motifs is 3. The molecule has 2 atom stereocenters. The molecule has 6 aromatic carbocycles. The third-order valence-electron chi connectivity index (χ3n) is 8.77. The molecule has 0 saturated heterocycles. The number of hydrogen-bond donors (Lipinski definition) is 0. The van der Waals surface area contributed by atoms with Gasteiger partial charge in [0.1, 0.15) is 0 Å². The van der Waals surface area contributed by atoms with Crippen LogP contribution in [0.4, 0.5) is 0 Å². The van der Waals surface area contributed by atoms with Gasteiger partial charge in [-0.15, -0.1) is 0 Å². The molecule has 0 heterocycles. The number of esters is 2. The normalized spacial score (nSPS) is 20.1. The largest absolute Gasteiger partial charge is 0.454 e. The van der Waals surface area contributed by atoms with E-state index >= 15 is 0 Å². The third kappa shape index (κ3) is 3.91. The van der Waals surface area contributed by atoms with Gasteiger partial charge in [-0.2, -0.15) is 0 Å². The van der Waals surface area contributed by atoms with Crippen molar-refractivity contribution < 1.29 is 19.1 Å². The smallest absolute Gasteiger partial charge is 0.338 e. The van der Waals surface area contributed by atoms with Crippen molar-refractivity contribution in [2.24, 2.45) is 0 Å². The van der Waals surface area contributed by atoms with Crippen LogP contribution >= 0.6 is 0 Å². The van der Waals surface area contributed by atoms with Crippen molar-refractivity contribution in [1.29, 1.82) is 0 Å². The van der Waals surface area contributed by atoms with Crippen LogP contribution in [0.25, 0.3) is 21.5 Å². The van der Waals surface area contributed by atoms with Gasteiger partial charge in [0.25, 0.3) is 0 Å². The molecule has 42 heavy (non-hydrogen) atoms. The highest BCUT2D eigenvalue weighted by Gasteiger charge is 2.53. The number of ether oxygens (including phenoxy) is 2. The van der Waals surface area contributed by atoms with Crippen LogP contribution in [-0.2, 0) is 9.47 Å². The van der Waals surface area contributed by atoms with Gasteiger partial charge in [-0.3, -0.25) is 0 Å². The second kappa shape index (κ2) is 9.71. The highest BCUT2D eigenvalue weighted by Crippen LogP contribution is 2.55. The summed E-state index contributed by atoms with van der Waals surface area (Å²) in [6.07, 6.45) is -1.38. The molecule has 3 aliphatic carbocycles. The van der Waals surface area contributed by atoms with Crippen molar-refractivity contribution >= 4 is 33.5 Å². The van der Waals surface area contributed by atoms with Crippen LogP contribution in [0.1, 0.15) is 54.8 Å². The first kappa shape index (κ1) is 24.6. The first-order chi connectivity index (χ1) is 20.7. The quantitative estimate of drug-likeness (QED) is 0.210. The molecular formula is C38H26O4. The summed E-state index contributed by atoms with van der Waals surface area (Å²) in [6, 6.07) is 43.5. The van der Waals surface area contributed by atoms with Crippen molar-refractivity contribution in [1.82, 2.24) is 0 Å². The summed E-state index contributed by atoms with van der Waals surface area (Å²) >= 11 is 0. The summed E-state index contributed by atoms with van der Waals surface area (Å²) in [5, 5.41) is 4.03. The molecule has 0 spiro atoms. The van der Waals surface area contributed by atoms with Gasteiger partial charge in [-0.25, -0.2) is 9.59 Å². The monoisotopic (exact) mass is 546 g/mol. The maximum absolute atomic E-state index is 13.7. The summed E-state index contributed by atoms with van der Waals surface area (Å²) in [4.78, 5) is 27.5. The fourth-order valence-electron chi connectivity index (χ4n) is 6.86. The third-order valence-corrected chi connectivity index (χ3v) is 8.77. The summed E-state index contributed by atoms with van der Waals surface area (Å²) in [5.74, 6) is -1.39. The summed E-state index contributed by atoms with van der Waals surface area (Å²) in [7, 11) is 0. The lowest BCUT2D eigenvalue weighted by Gasteiger charge is -2.49. The molecule has 4 nitrogen and oxygen atoms in total. The van der Waals surface area contributed by atoms with E-state index in [-0.39, 0.29) is 11.8 Å². The Morgan fingerprint density at radius 1 is 0.405 bits per heavy atom. The minimum absolute atomic E-state index is 0.263. The van der Waals surface area contributed by atoms with Gasteiger partial charge in [-0.1, -0.05) is 109 Å². The Morgan fingerprint density at radius 3 is 1.12 bits per heavy atom. The zero-order chi connectivity index (χ0) is 28.2. The predicted molar refractivity (Wildman–Crippen MR) is 163 cm³/mol. The van der Waals surface area contributed by atoms with Gasteiger partial charge in [0.05, 0.1) is 23.0 Å². The molecule has 4 heteroatoms. The molecule has 0 saturated carbocycles. The molecule has 6 aromatic rings. The average molecular weight is 547 g/mol. The van der Waals surface area contributed by atoms with Crippen molar-refractivity contribution in [3.63, 3.8) is 0 Å². The molecule has 3 aliphatic rings. The van der Waals surface area contributed by atoms with Crippen molar-refractivity contribution in [2.45, 2.75) is 24.0 Å². The Labute approximate surface area is 243 Å². The zero-order valence-electron chi connectivity index (χ0n) is 22.6. The maximum atomic E-state index is 13.7. The minimum atomic E-state index is -0.692. The number of benzene rings is 6. The molecule has 0 aromatic heterocycles. The number of carbonyl (C=O) groups is 2. The molecule has 0 radical (unpaired) electrons. The average Bonchev–Trinajstić information content (AvgIpc) is 3.05. The molecule has 0 N–H and O–H groups in total. The topological polar surface area (TPSA) is 52.6 Å². The number of hydrogen-bond acceptors (Lipinski definition) is 4. The zero-order valence-corrected chi connectivity index (χ0v) is 22.6. The van der Waals surface area contributed by atoms with E-state index in [1.54, 1.807) is 12.1 Å². The van der Waals surface area contributed by atoms with Crippen LogP contribution < -0.4 is 0 Å². The highest BCUT2D eigenvalue weighted by molar-refractivity contribution is 5.97. The van der Waals surface area contributed by atoms with Crippen LogP contribution in [0.15, 0.2) is 133 Å². The number of rotatable bonds is 4. The second-order valence-corrected chi connectivity index (χ2v) is 11.1. The van der Waals surface area contributed by atoms with Gasteiger partial charge in [-0.05, 0) is 68.1 Å². The van der Waals surface area contributed by atoms with E-state index in [4.69, 9.17) is 9.47 Å². The van der Waals surface area contributed by atoms with Gasteiger partial charge in [0, 0.05) is 0 Å². The van der Waals surface area contributed by atoms with Crippen LogP contribution in [-0.4, -0.2) is 24.1 Å². The van der Waals surface area contributed by atoms with Gasteiger partial charge < -0.3 is 9.47 Å². The molecular weight excluding hydrogens is 520 g/mol. The lowest BCUT2D eigenvalue weighted by atomic mass is 9.61. The molecule has 202 valence electrons. The van der Waals surface area contributed by atoms with Gasteiger partial charge >= 0.3 is 11.9 Å². The Morgan fingerprint density at radius 2 is 0.738 bits per heavy atom. The molecule has 0 amide bonds. The SMILES string of the molecule is O=C(OC1C2c3ccccc3C(c3ccccc32)C1OC(=O)c1ccc2ccccc2c1)c1ccc2ccccc2c1. The molecule has 2 unspecified atom stereocenters. The molecule has 0 fully saturated rings. The second-order valence-electron chi connectivity index (χ2n) is 11.1. The van der Waals surface area contributed by atoms with Crippen LogP contribution in [0.2, 0.25) is 0 Å². The standard InChI is InChI=1S/C38H26O4/c39-37(27-19-17-23-9-1-3-11-25(23)21-27)41-35-33-29-13-5-7-15-31(29)34(32-16-8-6-14-30(32)33)36(35)42-38(40)28-20-18-24-10-2-4-12-26(24)22-28/h1-22,33-36H. The molecule has 9 rings (SSSR count). The van der Waals surface area contributed by atoms with E-state index in [1.807, 2.05) is 97.1 Å². The Kier molecular flexibility index (Phi) is 5.68. The van der Waals surface area contributed by atoms with Crippen molar-refractivity contribution in [3.05, 3.63) is 167 Å². The van der Waals surface area contributed by atoms with Crippen molar-refractivity contribution in [3.8, 4) is 0 Å². The predicted octanol–water partition coefficient (Wildman–Crippen LogP) is 8.04. The molecule has 2 bridgehead atoms. The van der Waals surface area contributed by atoms with Crippen molar-refractivity contribution in [2.75, 3.05) is 0 Å². The minimum Gasteiger partial charge on any atom is -0.454 e. The first-order valence-electron chi connectivity index (χ1n) is 14.2. The summed E-state index contributed by atoms with van der Waals surface area (Å²) in [5.41, 5.74) is 5.37. The van der Waals surface area contributed by atoms with E-state index < -0.39 is 24.1 Å². The van der Waals surface area contributed by atoms with E-state index in [0.717, 1.165) is 43.8 Å². The maximum Gasteiger partial charge on any atom is 0.338 e. The lowest BCUT2D eigenvalue weighted by Crippen LogP contribution is -2.51. The van der Waals surface area contributed by atoms with Crippen LogP contribution in [0.3, 0.4) is 0 Å². The van der Waals surface area contributed by atoms with E-state index in [2.05, 4.69) is 24.3 Å². The Bertz CT molecular complexity index is 1830. The Balaban J connectivity index is 1.21. The van der Waals surface area contributed by atoms with E-state index in [0.29, 0.717) is 11.1 Å². The summed E-state index contributed by atoms with van der Waals surface area (Å²) in [6.45, 7) is 0. The fraction of sp³-hybridized carbons (Fsp3) is 0.105. The molecule has 0 aliphatic heterocycles. The van der Waals surface area contributed by atoms with E-state index in [1.165, 1.54) is 0 Å². The highest BCUT2D eigenvalue weighted by atomic mass is 16.6. The van der Waals surface area contributed by atoms with Crippen LogP contribution in [0.5, 0.6) is 0 Å². The van der Waals surface area contributed by atoms with Gasteiger partial charge in [0.2, 0.25) is 0 Å². The lowest BCUT2D eigenvalue weighted by molar-refractivity contribution is -0.0557. The van der Waals surface area contributed by atoms with Crippen LogP contribution in [0, 0.1) is 0 Å². The van der Waals surface area contributed by atoms with Gasteiger partial charge in [0.15, 0.2) is 12.2 Å². The Hall–Kier alpha value is -5.22. The number of carbonyl (C=O) groups excluding carboxylic acids is 2. The summed E-state index contributed by atoms with van der Waals surface area (Å²) < 4.78 is 12.8. The van der Waals surface area contributed by atoms with E-state index in [9.17, 15) is 9.59 Å². The first-order valence-corrected chi connectivity index (χ1v) is 14.2.